The summed E-state index contributed by atoms with van der Waals surface area (Å²) in [6.07, 6.45) is 0.0995. The second-order valence-electron chi connectivity index (χ2n) is 5.21. The fourth-order valence-electron chi connectivity index (χ4n) is 2.21. The zero-order chi connectivity index (χ0) is 14.7. The maximum Gasteiger partial charge on any atom is 0.147 e. The second kappa shape index (κ2) is 7.11. The first-order chi connectivity index (χ1) is 9.47. The van der Waals surface area contributed by atoms with Crippen LogP contribution in [-0.2, 0) is 4.74 Å². The first-order valence-corrected chi connectivity index (χ1v) is 8.29. The number of rotatable bonds is 4. The molecular formula is C14H20Br2N2O2. The van der Waals surface area contributed by atoms with Gasteiger partial charge in [0.2, 0.25) is 0 Å². The Kier molecular flexibility index (Phi) is 5.72. The predicted octanol–water partition coefficient (Wildman–Crippen LogP) is 3.28. The monoisotopic (exact) mass is 406 g/mol. The molecule has 2 rings (SSSR count). The van der Waals surface area contributed by atoms with Gasteiger partial charge in [-0.05, 0) is 57.8 Å². The molecule has 6 heteroatoms. The van der Waals surface area contributed by atoms with Gasteiger partial charge < -0.3 is 15.2 Å². The SMILES string of the molecule is CC(C)N1CCOC(COc2c(Br)cc(N)cc2Br)C1. The zero-order valence-electron chi connectivity index (χ0n) is 11.7. The van der Waals surface area contributed by atoms with Crippen LogP contribution in [0.2, 0.25) is 0 Å². The van der Waals surface area contributed by atoms with E-state index in [1.54, 1.807) is 0 Å². The first kappa shape index (κ1) is 16.1. The Bertz CT molecular complexity index is 445. The summed E-state index contributed by atoms with van der Waals surface area (Å²) in [5.74, 6) is 0.768. The highest BCUT2D eigenvalue weighted by molar-refractivity contribution is 9.11. The number of morpholine rings is 1. The molecule has 0 aliphatic carbocycles. The lowest BCUT2D eigenvalue weighted by Crippen LogP contribution is -2.47. The molecule has 0 saturated carbocycles. The summed E-state index contributed by atoms with van der Waals surface area (Å²) in [6, 6.07) is 4.21. The molecule has 1 aliphatic heterocycles. The molecule has 112 valence electrons. The van der Waals surface area contributed by atoms with Crippen molar-refractivity contribution in [1.82, 2.24) is 4.90 Å². The lowest BCUT2D eigenvalue weighted by Gasteiger charge is -2.35. The lowest BCUT2D eigenvalue weighted by atomic mass is 10.2. The van der Waals surface area contributed by atoms with Gasteiger partial charge in [-0.3, -0.25) is 4.90 Å². The van der Waals surface area contributed by atoms with Crippen LogP contribution in [0.4, 0.5) is 5.69 Å². The minimum Gasteiger partial charge on any atom is -0.488 e. The van der Waals surface area contributed by atoms with E-state index in [9.17, 15) is 0 Å². The summed E-state index contributed by atoms with van der Waals surface area (Å²) in [7, 11) is 0. The number of anilines is 1. The molecule has 1 fully saturated rings. The highest BCUT2D eigenvalue weighted by Crippen LogP contribution is 2.35. The lowest BCUT2D eigenvalue weighted by molar-refractivity contribution is -0.0566. The molecule has 0 aromatic heterocycles. The number of benzene rings is 1. The van der Waals surface area contributed by atoms with Gasteiger partial charge in [0.1, 0.15) is 18.5 Å². The van der Waals surface area contributed by atoms with Crippen molar-refractivity contribution in [1.29, 1.82) is 0 Å². The Morgan fingerprint density at radius 2 is 2.05 bits per heavy atom. The van der Waals surface area contributed by atoms with Crippen molar-refractivity contribution >= 4 is 37.5 Å². The van der Waals surface area contributed by atoms with E-state index in [1.165, 1.54) is 0 Å². The molecule has 1 aliphatic rings. The highest BCUT2D eigenvalue weighted by Gasteiger charge is 2.23. The summed E-state index contributed by atoms with van der Waals surface area (Å²) in [5.41, 5.74) is 6.46. The van der Waals surface area contributed by atoms with Crippen LogP contribution in [0.1, 0.15) is 13.8 Å². The first-order valence-electron chi connectivity index (χ1n) is 6.70. The van der Waals surface area contributed by atoms with Gasteiger partial charge in [-0.1, -0.05) is 0 Å². The standard InChI is InChI=1S/C14H20Br2N2O2/c1-9(2)18-3-4-19-11(7-18)8-20-14-12(15)5-10(17)6-13(14)16/h5-6,9,11H,3-4,7-8,17H2,1-2H3. The minimum absolute atomic E-state index is 0.0995. The van der Waals surface area contributed by atoms with E-state index in [0.717, 1.165) is 34.4 Å². The van der Waals surface area contributed by atoms with E-state index in [-0.39, 0.29) is 6.10 Å². The summed E-state index contributed by atoms with van der Waals surface area (Å²) < 4.78 is 13.3. The molecule has 0 bridgehead atoms. The van der Waals surface area contributed by atoms with Gasteiger partial charge >= 0.3 is 0 Å². The third-order valence-corrected chi connectivity index (χ3v) is 4.51. The smallest absolute Gasteiger partial charge is 0.147 e. The van der Waals surface area contributed by atoms with Crippen molar-refractivity contribution < 1.29 is 9.47 Å². The van der Waals surface area contributed by atoms with E-state index in [0.29, 0.717) is 18.3 Å². The van der Waals surface area contributed by atoms with Crippen molar-refractivity contribution in [3.05, 3.63) is 21.1 Å². The number of nitrogens with zero attached hydrogens (tertiary/aromatic N) is 1. The maximum absolute atomic E-state index is 5.89. The molecule has 0 spiro atoms. The Hall–Kier alpha value is -0.300. The van der Waals surface area contributed by atoms with E-state index < -0.39 is 0 Å². The predicted molar refractivity (Wildman–Crippen MR) is 88.2 cm³/mol. The van der Waals surface area contributed by atoms with Gasteiger partial charge in [0, 0.05) is 24.8 Å². The number of nitrogens with two attached hydrogens (primary N) is 1. The fraction of sp³-hybridized carbons (Fsp3) is 0.571. The molecule has 0 radical (unpaired) electrons. The second-order valence-corrected chi connectivity index (χ2v) is 6.91. The summed E-state index contributed by atoms with van der Waals surface area (Å²) >= 11 is 6.94. The molecule has 1 aromatic carbocycles. The molecule has 2 N–H and O–H groups in total. The maximum atomic E-state index is 5.89. The van der Waals surface area contributed by atoms with Crippen LogP contribution in [0.25, 0.3) is 0 Å². The Morgan fingerprint density at radius 1 is 1.40 bits per heavy atom. The van der Waals surface area contributed by atoms with Crippen LogP contribution in [-0.4, -0.2) is 43.3 Å². The van der Waals surface area contributed by atoms with Crippen molar-refractivity contribution in [3.8, 4) is 5.75 Å². The van der Waals surface area contributed by atoms with Gasteiger partial charge in [-0.2, -0.15) is 0 Å². The van der Waals surface area contributed by atoms with Crippen LogP contribution >= 0.6 is 31.9 Å². The van der Waals surface area contributed by atoms with Crippen LogP contribution in [0, 0.1) is 0 Å². The largest absolute Gasteiger partial charge is 0.488 e. The number of hydrogen-bond donors (Lipinski definition) is 1. The van der Waals surface area contributed by atoms with Gasteiger partial charge in [0.05, 0.1) is 15.6 Å². The van der Waals surface area contributed by atoms with Crippen LogP contribution in [0.3, 0.4) is 0 Å². The van der Waals surface area contributed by atoms with E-state index in [1.807, 2.05) is 12.1 Å². The van der Waals surface area contributed by atoms with Gasteiger partial charge in [0.25, 0.3) is 0 Å². The molecular weight excluding hydrogens is 388 g/mol. The Balaban J connectivity index is 1.95. The van der Waals surface area contributed by atoms with Crippen LogP contribution < -0.4 is 10.5 Å². The average molecular weight is 408 g/mol. The normalized spacial score (nSPS) is 20.4. The third kappa shape index (κ3) is 4.10. The van der Waals surface area contributed by atoms with E-state index in [2.05, 4.69) is 50.6 Å². The molecule has 1 saturated heterocycles. The van der Waals surface area contributed by atoms with Crippen molar-refractivity contribution in [2.45, 2.75) is 26.0 Å². The molecule has 1 aromatic rings. The molecule has 20 heavy (non-hydrogen) atoms. The van der Waals surface area contributed by atoms with Crippen LogP contribution in [0.15, 0.2) is 21.1 Å². The average Bonchev–Trinajstić information content (AvgIpc) is 2.37. The molecule has 1 atom stereocenters. The third-order valence-electron chi connectivity index (χ3n) is 3.33. The topological polar surface area (TPSA) is 47.7 Å². The molecule has 4 nitrogen and oxygen atoms in total. The van der Waals surface area contributed by atoms with Crippen molar-refractivity contribution in [2.24, 2.45) is 0 Å². The summed E-state index contributed by atoms with van der Waals surface area (Å²) in [5, 5.41) is 0. The molecule has 0 amide bonds. The minimum atomic E-state index is 0.0995. The Morgan fingerprint density at radius 3 is 2.65 bits per heavy atom. The van der Waals surface area contributed by atoms with Crippen LogP contribution in [0.5, 0.6) is 5.75 Å². The van der Waals surface area contributed by atoms with Gasteiger partial charge in [-0.15, -0.1) is 0 Å². The Labute approximate surface area is 136 Å². The summed E-state index contributed by atoms with van der Waals surface area (Å²) in [6.45, 7) is 7.60. The highest BCUT2D eigenvalue weighted by atomic mass is 79.9. The number of nitrogen functional groups attached to an aromatic ring is 1. The van der Waals surface area contributed by atoms with E-state index >= 15 is 0 Å². The van der Waals surface area contributed by atoms with Gasteiger partial charge in [-0.25, -0.2) is 0 Å². The summed E-state index contributed by atoms with van der Waals surface area (Å²) in [4.78, 5) is 2.41. The van der Waals surface area contributed by atoms with Crippen molar-refractivity contribution in [2.75, 3.05) is 32.0 Å². The van der Waals surface area contributed by atoms with Crippen molar-refractivity contribution in [3.63, 3.8) is 0 Å². The quantitative estimate of drug-likeness (QED) is 0.778. The van der Waals surface area contributed by atoms with E-state index in [4.69, 9.17) is 15.2 Å². The number of hydrogen-bond acceptors (Lipinski definition) is 4. The fourth-order valence-corrected chi connectivity index (χ4v) is 3.66. The van der Waals surface area contributed by atoms with Gasteiger partial charge in [0.15, 0.2) is 0 Å². The molecule has 1 heterocycles. The number of halogens is 2. The molecule has 1 unspecified atom stereocenters. The zero-order valence-corrected chi connectivity index (χ0v) is 14.9. The number of ether oxygens (including phenoxy) is 2.